The van der Waals surface area contributed by atoms with E-state index in [0.717, 1.165) is 6.04 Å². The van der Waals surface area contributed by atoms with Gasteiger partial charge in [0.2, 0.25) is 0 Å². The van der Waals surface area contributed by atoms with Crippen LogP contribution in [0.4, 0.5) is 0 Å². The standard InChI is InChI=1S/C16H27N/c1-3-7-14(8-4-1)16(11-5-2-6-12-16)13-17-15-9-10-15/h7,15,17H,1-6,8-13H2. The highest BCUT2D eigenvalue weighted by Crippen LogP contribution is 2.45. The van der Waals surface area contributed by atoms with Crippen molar-refractivity contribution in [3.05, 3.63) is 11.6 Å². The molecular formula is C16H27N. The van der Waals surface area contributed by atoms with E-state index in [0.29, 0.717) is 5.41 Å². The maximum Gasteiger partial charge on any atom is 0.00685 e. The number of allylic oxidation sites excluding steroid dienone is 1. The molecule has 0 bridgehead atoms. The molecule has 1 nitrogen and oxygen atoms in total. The van der Waals surface area contributed by atoms with E-state index < -0.39 is 0 Å². The smallest absolute Gasteiger partial charge is 0.00685 e. The van der Waals surface area contributed by atoms with Gasteiger partial charge in [-0.05, 0) is 51.4 Å². The van der Waals surface area contributed by atoms with Gasteiger partial charge in [-0.3, -0.25) is 0 Å². The first kappa shape index (κ1) is 11.8. The molecule has 0 amide bonds. The van der Waals surface area contributed by atoms with Crippen LogP contribution in [0.5, 0.6) is 0 Å². The fourth-order valence-corrected chi connectivity index (χ4v) is 3.79. The van der Waals surface area contributed by atoms with Crippen LogP contribution in [0.1, 0.15) is 70.6 Å². The highest BCUT2D eigenvalue weighted by Gasteiger charge is 2.37. The first-order chi connectivity index (χ1) is 8.39. The van der Waals surface area contributed by atoms with Crippen molar-refractivity contribution in [1.29, 1.82) is 0 Å². The number of hydrogen-bond acceptors (Lipinski definition) is 1. The molecule has 2 fully saturated rings. The Kier molecular flexibility index (Phi) is 3.56. The summed E-state index contributed by atoms with van der Waals surface area (Å²) in [5, 5.41) is 3.82. The summed E-state index contributed by atoms with van der Waals surface area (Å²) in [6.45, 7) is 1.28. The van der Waals surface area contributed by atoms with Crippen LogP contribution in [0.3, 0.4) is 0 Å². The predicted octanol–water partition coefficient (Wildman–Crippen LogP) is 4.19. The summed E-state index contributed by atoms with van der Waals surface area (Å²) >= 11 is 0. The van der Waals surface area contributed by atoms with Crippen LogP contribution < -0.4 is 5.32 Å². The lowest BCUT2D eigenvalue weighted by Gasteiger charge is -2.41. The molecule has 0 aliphatic heterocycles. The van der Waals surface area contributed by atoms with E-state index in [1.54, 1.807) is 0 Å². The molecule has 3 aliphatic carbocycles. The van der Waals surface area contributed by atoms with Crippen LogP contribution in [0.2, 0.25) is 0 Å². The minimum atomic E-state index is 0.571. The molecule has 3 aliphatic rings. The molecule has 0 atom stereocenters. The largest absolute Gasteiger partial charge is 0.313 e. The van der Waals surface area contributed by atoms with Crippen molar-refractivity contribution < 1.29 is 0 Å². The van der Waals surface area contributed by atoms with E-state index in [1.165, 1.54) is 77.2 Å². The Labute approximate surface area is 106 Å². The maximum absolute atomic E-state index is 3.82. The average molecular weight is 233 g/mol. The highest BCUT2D eigenvalue weighted by atomic mass is 15.0. The third-order valence-corrected chi connectivity index (χ3v) is 5.09. The molecule has 3 rings (SSSR count). The normalized spacial score (nSPS) is 28.8. The van der Waals surface area contributed by atoms with Crippen molar-refractivity contribution in [3.8, 4) is 0 Å². The quantitative estimate of drug-likeness (QED) is 0.718. The minimum absolute atomic E-state index is 0.571. The molecule has 2 saturated carbocycles. The first-order valence-corrected chi connectivity index (χ1v) is 7.82. The van der Waals surface area contributed by atoms with Gasteiger partial charge in [0.1, 0.15) is 0 Å². The zero-order valence-corrected chi connectivity index (χ0v) is 11.1. The Hall–Kier alpha value is -0.300. The zero-order valence-electron chi connectivity index (χ0n) is 11.1. The fourth-order valence-electron chi connectivity index (χ4n) is 3.79. The van der Waals surface area contributed by atoms with Crippen LogP contribution in [0.15, 0.2) is 11.6 Å². The molecule has 1 heteroatoms. The van der Waals surface area contributed by atoms with Gasteiger partial charge in [-0.15, -0.1) is 0 Å². The van der Waals surface area contributed by atoms with Crippen molar-refractivity contribution in [2.45, 2.75) is 76.7 Å². The van der Waals surface area contributed by atoms with Crippen molar-refractivity contribution in [1.82, 2.24) is 5.32 Å². The molecule has 0 aromatic heterocycles. The number of nitrogens with one attached hydrogen (secondary N) is 1. The summed E-state index contributed by atoms with van der Waals surface area (Å²) in [6, 6.07) is 0.873. The van der Waals surface area contributed by atoms with E-state index in [1.807, 2.05) is 5.57 Å². The fraction of sp³-hybridized carbons (Fsp3) is 0.875. The molecule has 0 aromatic rings. The lowest BCUT2D eigenvalue weighted by atomic mass is 9.66. The summed E-state index contributed by atoms with van der Waals surface area (Å²) in [7, 11) is 0. The SMILES string of the molecule is C1=C(C2(CNC3CC3)CCCCC2)CCCC1. The second-order valence-corrected chi connectivity index (χ2v) is 6.47. The van der Waals surface area contributed by atoms with Gasteiger partial charge in [-0.1, -0.05) is 30.9 Å². The lowest BCUT2D eigenvalue weighted by Crippen LogP contribution is -2.39. The molecule has 1 N–H and O–H groups in total. The topological polar surface area (TPSA) is 12.0 Å². The van der Waals surface area contributed by atoms with Gasteiger partial charge in [0.25, 0.3) is 0 Å². The molecule has 0 saturated heterocycles. The number of hydrogen-bond donors (Lipinski definition) is 1. The third kappa shape index (κ3) is 2.76. The van der Waals surface area contributed by atoms with Gasteiger partial charge in [0.05, 0.1) is 0 Å². The second kappa shape index (κ2) is 5.14. The molecule has 0 spiro atoms. The molecule has 0 unspecified atom stereocenters. The lowest BCUT2D eigenvalue weighted by molar-refractivity contribution is 0.219. The van der Waals surface area contributed by atoms with Crippen LogP contribution in [0, 0.1) is 5.41 Å². The van der Waals surface area contributed by atoms with Gasteiger partial charge < -0.3 is 5.32 Å². The molecule has 96 valence electrons. The Morgan fingerprint density at radius 2 is 1.88 bits per heavy atom. The predicted molar refractivity (Wildman–Crippen MR) is 73.1 cm³/mol. The molecule has 17 heavy (non-hydrogen) atoms. The number of rotatable bonds is 4. The zero-order chi connectivity index (χ0) is 11.6. The van der Waals surface area contributed by atoms with E-state index in [9.17, 15) is 0 Å². The van der Waals surface area contributed by atoms with Gasteiger partial charge in [-0.25, -0.2) is 0 Å². The maximum atomic E-state index is 3.82. The van der Waals surface area contributed by atoms with Gasteiger partial charge in [0, 0.05) is 18.0 Å². The Balaban J connectivity index is 1.70. The summed E-state index contributed by atoms with van der Waals surface area (Å²) < 4.78 is 0. The highest BCUT2D eigenvalue weighted by molar-refractivity contribution is 5.18. The summed E-state index contributed by atoms with van der Waals surface area (Å²) in [4.78, 5) is 0. The van der Waals surface area contributed by atoms with Gasteiger partial charge >= 0.3 is 0 Å². The third-order valence-electron chi connectivity index (χ3n) is 5.09. The summed E-state index contributed by atoms with van der Waals surface area (Å²) in [6.07, 6.45) is 18.4. The van der Waals surface area contributed by atoms with E-state index in [-0.39, 0.29) is 0 Å². The van der Waals surface area contributed by atoms with Crippen molar-refractivity contribution in [3.63, 3.8) is 0 Å². The summed E-state index contributed by atoms with van der Waals surface area (Å²) in [5.74, 6) is 0. The Bertz CT molecular complexity index is 282. The van der Waals surface area contributed by atoms with E-state index >= 15 is 0 Å². The summed E-state index contributed by atoms with van der Waals surface area (Å²) in [5.41, 5.74) is 2.40. The minimum Gasteiger partial charge on any atom is -0.313 e. The van der Waals surface area contributed by atoms with E-state index in [4.69, 9.17) is 0 Å². The van der Waals surface area contributed by atoms with Crippen LogP contribution in [0.25, 0.3) is 0 Å². The second-order valence-electron chi connectivity index (χ2n) is 6.47. The average Bonchev–Trinajstić information content (AvgIpc) is 3.23. The van der Waals surface area contributed by atoms with Crippen LogP contribution in [-0.2, 0) is 0 Å². The Morgan fingerprint density at radius 1 is 1.06 bits per heavy atom. The van der Waals surface area contributed by atoms with Crippen LogP contribution >= 0.6 is 0 Å². The first-order valence-electron chi connectivity index (χ1n) is 7.82. The monoisotopic (exact) mass is 233 g/mol. The Morgan fingerprint density at radius 3 is 2.53 bits per heavy atom. The van der Waals surface area contributed by atoms with Gasteiger partial charge in [0.15, 0.2) is 0 Å². The molecule has 0 heterocycles. The molecule has 0 radical (unpaired) electrons. The van der Waals surface area contributed by atoms with Crippen molar-refractivity contribution in [2.75, 3.05) is 6.54 Å². The van der Waals surface area contributed by atoms with E-state index in [2.05, 4.69) is 11.4 Å². The molecule has 0 aromatic carbocycles. The van der Waals surface area contributed by atoms with Crippen LogP contribution in [-0.4, -0.2) is 12.6 Å². The van der Waals surface area contributed by atoms with Gasteiger partial charge in [-0.2, -0.15) is 0 Å². The van der Waals surface area contributed by atoms with Crippen molar-refractivity contribution >= 4 is 0 Å². The van der Waals surface area contributed by atoms with Crippen molar-refractivity contribution in [2.24, 2.45) is 5.41 Å². The molecular weight excluding hydrogens is 206 g/mol.